The highest BCUT2D eigenvalue weighted by Gasteiger charge is 2.46. The predicted octanol–water partition coefficient (Wildman–Crippen LogP) is 2.11. The molecule has 0 bridgehead atoms. The van der Waals surface area contributed by atoms with E-state index in [-0.39, 0.29) is 5.41 Å². The quantitative estimate of drug-likeness (QED) is 0.913. The van der Waals surface area contributed by atoms with Crippen molar-refractivity contribution in [3.63, 3.8) is 0 Å². The molecule has 0 unspecified atom stereocenters. The maximum absolute atomic E-state index is 6.35. The Morgan fingerprint density at radius 3 is 2.72 bits per heavy atom. The molecule has 0 radical (unpaired) electrons. The minimum atomic E-state index is 0.00478. The van der Waals surface area contributed by atoms with Gasteiger partial charge in [0.25, 0.3) is 0 Å². The van der Waals surface area contributed by atoms with Gasteiger partial charge in [0, 0.05) is 17.5 Å². The van der Waals surface area contributed by atoms with Crippen molar-refractivity contribution >= 4 is 11.6 Å². The van der Waals surface area contributed by atoms with Crippen LogP contribution in [0.5, 0.6) is 17.2 Å². The molecule has 0 amide bonds. The Kier molecular flexibility index (Phi) is 2.79. The van der Waals surface area contributed by atoms with Crippen LogP contribution in [-0.2, 0) is 5.41 Å². The first-order valence-electron chi connectivity index (χ1n) is 6.08. The van der Waals surface area contributed by atoms with Crippen molar-refractivity contribution in [3.8, 4) is 17.2 Å². The molecule has 4 nitrogen and oxygen atoms in total. The Morgan fingerprint density at radius 1 is 1.39 bits per heavy atom. The van der Waals surface area contributed by atoms with Gasteiger partial charge < -0.3 is 19.9 Å². The predicted molar refractivity (Wildman–Crippen MR) is 69.0 cm³/mol. The summed E-state index contributed by atoms with van der Waals surface area (Å²) in [6, 6.07) is 1.97. The zero-order valence-electron chi connectivity index (χ0n) is 10.3. The minimum absolute atomic E-state index is 0.00478. The summed E-state index contributed by atoms with van der Waals surface area (Å²) in [4.78, 5) is 0. The maximum atomic E-state index is 6.35. The van der Waals surface area contributed by atoms with E-state index in [2.05, 4.69) is 0 Å². The third-order valence-electron chi connectivity index (χ3n) is 3.75. The van der Waals surface area contributed by atoms with Crippen LogP contribution in [0.25, 0.3) is 0 Å². The average molecular weight is 270 g/mol. The number of benzene rings is 1. The number of halogens is 1. The van der Waals surface area contributed by atoms with E-state index in [1.807, 2.05) is 6.07 Å². The molecule has 2 aliphatic rings. The molecule has 18 heavy (non-hydrogen) atoms. The Labute approximate surface area is 111 Å². The molecule has 0 aromatic heterocycles. The van der Waals surface area contributed by atoms with Crippen LogP contribution >= 0.6 is 11.6 Å². The number of nitrogens with two attached hydrogens (primary N) is 1. The second-order valence-electron chi connectivity index (χ2n) is 4.78. The Balaban J connectivity index is 2.16. The minimum Gasteiger partial charge on any atom is -0.495 e. The summed E-state index contributed by atoms with van der Waals surface area (Å²) in [5.74, 6) is 1.95. The standard InChI is InChI=1S/C13H16ClNO3/c1-16-11-8(13(7-15)2-3-13)6-9-12(10(11)14)18-5-4-17-9/h6H,2-5,7,15H2,1H3. The second-order valence-corrected chi connectivity index (χ2v) is 5.16. The van der Waals surface area contributed by atoms with Gasteiger partial charge in [-0.2, -0.15) is 0 Å². The summed E-state index contributed by atoms with van der Waals surface area (Å²) in [5, 5.41) is 0.490. The highest BCUT2D eigenvalue weighted by atomic mass is 35.5. The van der Waals surface area contributed by atoms with E-state index >= 15 is 0 Å². The van der Waals surface area contributed by atoms with Gasteiger partial charge >= 0.3 is 0 Å². The van der Waals surface area contributed by atoms with Gasteiger partial charge in [-0.05, 0) is 18.9 Å². The molecule has 1 heterocycles. The van der Waals surface area contributed by atoms with Gasteiger partial charge in [-0.15, -0.1) is 0 Å². The zero-order valence-corrected chi connectivity index (χ0v) is 11.0. The lowest BCUT2D eigenvalue weighted by atomic mass is 9.94. The van der Waals surface area contributed by atoms with Crippen LogP contribution in [0.15, 0.2) is 6.07 Å². The highest BCUT2D eigenvalue weighted by Crippen LogP contribution is 2.56. The van der Waals surface area contributed by atoms with E-state index in [1.165, 1.54) is 0 Å². The summed E-state index contributed by atoms with van der Waals surface area (Å²) >= 11 is 6.35. The molecular weight excluding hydrogens is 254 g/mol. The fourth-order valence-corrected chi connectivity index (χ4v) is 2.78. The molecule has 98 valence electrons. The Bertz CT molecular complexity index is 486. The summed E-state index contributed by atoms with van der Waals surface area (Å²) in [5.41, 5.74) is 6.93. The van der Waals surface area contributed by atoms with Gasteiger partial charge in [0.1, 0.15) is 24.0 Å². The van der Waals surface area contributed by atoms with E-state index in [0.717, 1.165) is 18.4 Å². The molecule has 5 heteroatoms. The van der Waals surface area contributed by atoms with Crippen molar-refractivity contribution in [1.29, 1.82) is 0 Å². The normalized spacial score (nSPS) is 19.5. The van der Waals surface area contributed by atoms with Crippen LogP contribution in [0.4, 0.5) is 0 Å². The van der Waals surface area contributed by atoms with Crippen LogP contribution in [0, 0.1) is 0 Å². The van der Waals surface area contributed by atoms with Crippen LogP contribution < -0.4 is 19.9 Å². The number of hydrogen-bond acceptors (Lipinski definition) is 4. The number of ether oxygens (including phenoxy) is 3. The lowest BCUT2D eigenvalue weighted by Crippen LogP contribution is -2.22. The van der Waals surface area contributed by atoms with Crippen LogP contribution in [0.3, 0.4) is 0 Å². The molecule has 0 spiro atoms. The van der Waals surface area contributed by atoms with Crippen LogP contribution in [0.1, 0.15) is 18.4 Å². The summed E-state index contributed by atoms with van der Waals surface area (Å²) in [7, 11) is 1.62. The number of fused-ring (bicyclic) bond motifs is 1. The lowest BCUT2D eigenvalue weighted by molar-refractivity contribution is 0.170. The topological polar surface area (TPSA) is 53.7 Å². The molecule has 1 aromatic rings. The van der Waals surface area contributed by atoms with E-state index in [9.17, 15) is 0 Å². The molecule has 0 atom stereocenters. The first kappa shape index (κ1) is 11.9. The van der Waals surface area contributed by atoms with E-state index in [1.54, 1.807) is 7.11 Å². The smallest absolute Gasteiger partial charge is 0.183 e. The van der Waals surface area contributed by atoms with Gasteiger partial charge in [0.15, 0.2) is 11.5 Å². The molecule has 1 aliphatic heterocycles. The Hall–Kier alpha value is -1.13. The average Bonchev–Trinajstić information content (AvgIpc) is 3.20. The molecule has 1 aromatic carbocycles. The highest BCUT2D eigenvalue weighted by molar-refractivity contribution is 6.34. The molecule has 3 rings (SSSR count). The first-order chi connectivity index (χ1) is 8.72. The summed E-state index contributed by atoms with van der Waals surface area (Å²) in [6.45, 7) is 1.65. The number of hydrogen-bond donors (Lipinski definition) is 1. The molecule has 2 N–H and O–H groups in total. The molecule has 1 saturated carbocycles. The van der Waals surface area contributed by atoms with Crippen LogP contribution in [-0.4, -0.2) is 26.9 Å². The largest absolute Gasteiger partial charge is 0.495 e. The molecular formula is C13H16ClNO3. The van der Waals surface area contributed by atoms with Crippen molar-refractivity contribution < 1.29 is 14.2 Å². The van der Waals surface area contributed by atoms with Crippen molar-refractivity contribution in [2.45, 2.75) is 18.3 Å². The summed E-state index contributed by atoms with van der Waals surface area (Å²) in [6.07, 6.45) is 2.13. The zero-order chi connectivity index (χ0) is 12.8. The molecule has 0 saturated heterocycles. The SMILES string of the molecule is COc1c(C2(CN)CC2)cc2c(c1Cl)OCCO2. The lowest BCUT2D eigenvalue weighted by Gasteiger charge is -2.25. The third-order valence-corrected chi connectivity index (χ3v) is 4.09. The van der Waals surface area contributed by atoms with Crippen molar-refractivity contribution in [3.05, 3.63) is 16.7 Å². The van der Waals surface area contributed by atoms with Gasteiger partial charge in [0.05, 0.1) is 7.11 Å². The Morgan fingerprint density at radius 2 is 2.11 bits per heavy atom. The first-order valence-corrected chi connectivity index (χ1v) is 6.46. The van der Waals surface area contributed by atoms with Crippen LogP contribution in [0.2, 0.25) is 5.02 Å². The fourth-order valence-electron chi connectivity index (χ4n) is 2.46. The molecule has 1 fully saturated rings. The second kappa shape index (κ2) is 4.21. The van der Waals surface area contributed by atoms with Gasteiger partial charge in [0.2, 0.25) is 0 Å². The van der Waals surface area contributed by atoms with E-state index in [0.29, 0.717) is 42.0 Å². The van der Waals surface area contributed by atoms with Crippen molar-refractivity contribution in [2.75, 3.05) is 26.9 Å². The number of methoxy groups -OCH3 is 1. The maximum Gasteiger partial charge on any atom is 0.183 e. The van der Waals surface area contributed by atoms with Crippen molar-refractivity contribution in [1.82, 2.24) is 0 Å². The fraction of sp³-hybridized carbons (Fsp3) is 0.538. The van der Waals surface area contributed by atoms with E-state index in [4.69, 9.17) is 31.5 Å². The van der Waals surface area contributed by atoms with Gasteiger partial charge in [-0.25, -0.2) is 0 Å². The summed E-state index contributed by atoms with van der Waals surface area (Å²) < 4.78 is 16.6. The van der Waals surface area contributed by atoms with Gasteiger partial charge in [-0.1, -0.05) is 11.6 Å². The van der Waals surface area contributed by atoms with Crippen molar-refractivity contribution in [2.24, 2.45) is 5.73 Å². The van der Waals surface area contributed by atoms with E-state index < -0.39 is 0 Å². The van der Waals surface area contributed by atoms with Gasteiger partial charge in [-0.3, -0.25) is 0 Å². The number of rotatable bonds is 3. The molecule has 1 aliphatic carbocycles. The monoisotopic (exact) mass is 269 g/mol. The third kappa shape index (κ3) is 1.63.